The quantitative estimate of drug-likeness (QED) is 0.348. The van der Waals surface area contributed by atoms with Gasteiger partial charge in [-0.25, -0.2) is 4.39 Å². The summed E-state index contributed by atoms with van der Waals surface area (Å²) in [6, 6.07) is 1.64. The third-order valence-corrected chi connectivity index (χ3v) is 1.88. The van der Waals surface area contributed by atoms with E-state index >= 15 is 0 Å². The van der Waals surface area contributed by atoms with Crippen LogP contribution >= 0.6 is 11.6 Å². The molecule has 0 saturated heterocycles. The highest BCUT2D eigenvalue weighted by molar-refractivity contribution is 6.69. The van der Waals surface area contributed by atoms with Crippen molar-refractivity contribution in [3.63, 3.8) is 0 Å². The predicted octanol–water partition coefficient (Wildman–Crippen LogP) is 3.22. The lowest BCUT2D eigenvalue weighted by molar-refractivity contribution is -0.137. The minimum absolute atomic E-state index is 0.470. The molecule has 0 amide bonds. The minimum Gasteiger partial charge on any atom is -0.410 e. The normalized spacial score (nSPS) is 13.0. The van der Waals surface area contributed by atoms with Gasteiger partial charge in [0.1, 0.15) is 5.82 Å². The van der Waals surface area contributed by atoms with Crippen LogP contribution in [0.1, 0.15) is 11.1 Å². The smallest absolute Gasteiger partial charge is 0.410 e. The number of nitrogens with zero attached hydrogens (tertiary/aromatic N) is 1. The maximum Gasteiger partial charge on any atom is 0.416 e. The van der Waals surface area contributed by atoms with E-state index in [1.54, 1.807) is 0 Å². The average molecular weight is 242 g/mol. The van der Waals surface area contributed by atoms with Gasteiger partial charge >= 0.3 is 6.18 Å². The zero-order chi connectivity index (χ0) is 11.6. The van der Waals surface area contributed by atoms with Crippen molar-refractivity contribution in [3.05, 3.63) is 35.1 Å². The number of hydrogen-bond acceptors (Lipinski definition) is 2. The summed E-state index contributed by atoms with van der Waals surface area (Å²) in [5.41, 5.74) is -1.67. The van der Waals surface area contributed by atoms with Crippen LogP contribution in [0.5, 0.6) is 0 Å². The number of halogens is 5. The first kappa shape index (κ1) is 11.8. The Bertz CT molecular complexity index is 402. The van der Waals surface area contributed by atoms with Gasteiger partial charge in [-0.3, -0.25) is 0 Å². The van der Waals surface area contributed by atoms with Gasteiger partial charge in [0.05, 0.1) is 11.1 Å². The second-order valence-corrected chi connectivity index (χ2v) is 2.94. The maximum absolute atomic E-state index is 13.0. The Hall–Kier alpha value is -1.30. The van der Waals surface area contributed by atoms with Crippen LogP contribution in [0.3, 0.4) is 0 Å². The summed E-state index contributed by atoms with van der Waals surface area (Å²) in [4.78, 5) is 0. The molecule has 2 nitrogen and oxygen atoms in total. The molecule has 1 aromatic rings. The van der Waals surface area contributed by atoms with Gasteiger partial charge in [0.2, 0.25) is 0 Å². The largest absolute Gasteiger partial charge is 0.416 e. The van der Waals surface area contributed by atoms with Crippen molar-refractivity contribution in [2.24, 2.45) is 5.16 Å². The number of hydrogen-bond donors (Lipinski definition) is 1. The molecule has 1 rings (SSSR count). The summed E-state index contributed by atoms with van der Waals surface area (Å²) in [5, 5.41) is 9.89. The molecule has 0 aliphatic carbocycles. The summed E-state index contributed by atoms with van der Waals surface area (Å²) in [6.07, 6.45) is -4.60. The molecule has 7 heteroatoms. The highest BCUT2D eigenvalue weighted by Gasteiger charge is 2.31. The van der Waals surface area contributed by atoms with Crippen molar-refractivity contribution in [2.75, 3.05) is 0 Å². The van der Waals surface area contributed by atoms with E-state index in [1.807, 2.05) is 0 Å². The van der Waals surface area contributed by atoms with Crippen LogP contribution < -0.4 is 0 Å². The first-order chi connectivity index (χ1) is 6.86. The van der Waals surface area contributed by atoms with Crippen molar-refractivity contribution in [3.8, 4) is 0 Å². The molecular formula is C8H4ClF4NO. The molecule has 0 radical (unpaired) electrons. The van der Waals surface area contributed by atoms with Crippen molar-refractivity contribution in [1.29, 1.82) is 0 Å². The van der Waals surface area contributed by atoms with Gasteiger partial charge in [0.25, 0.3) is 0 Å². The molecule has 0 fully saturated rings. The molecule has 0 aliphatic rings. The van der Waals surface area contributed by atoms with Gasteiger partial charge in [0.15, 0.2) is 5.17 Å². The standard InChI is InChI=1S/C8H4ClF4NO/c9-7(14-15)5-3-4(8(11,12)13)1-2-6(5)10/h1-3,15H/b14-7-. The summed E-state index contributed by atoms with van der Waals surface area (Å²) >= 11 is 5.21. The second-order valence-electron chi connectivity index (χ2n) is 2.58. The Morgan fingerprint density at radius 2 is 1.93 bits per heavy atom. The third kappa shape index (κ3) is 2.59. The molecule has 1 N–H and O–H groups in total. The molecule has 0 aromatic heterocycles. The molecule has 0 saturated carbocycles. The van der Waals surface area contributed by atoms with Gasteiger partial charge in [-0.05, 0) is 18.2 Å². The van der Waals surface area contributed by atoms with Crippen molar-refractivity contribution >= 4 is 16.8 Å². The lowest BCUT2D eigenvalue weighted by atomic mass is 10.1. The minimum atomic E-state index is -4.60. The zero-order valence-electron chi connectivity index (χ0n) is 7.02. The SMILES string of the molecule is O/N=C(\Cl)c1cc(C(F)(F)F)ccc1F. The van der Waals surface area contributed by atoms with E-state index in [2.05, 4.69) is 5.16 Å². The number of benzene rings is 1. The zero-order valence-corrected chi connectivity index (χ0v) is 7.77. The Balaban J connectivity index is 3.29. The first-order valence-corrected chi connectivity index (χ1v) is 3.98. The Kier molecular flexibility index (Phi) is 3.18. The maximum atomic E-state index is 13.0. The highest BCUT2D eigenvalue weighted by Crippen LogP contribution is 2.30. The fraction of sp³-hybridized carbons (Fsp3) is 0.125. The molecule has 82 valence electrons. The van der Waals surface area contributed by atoms with E-state index in [1.165, 1.54) is 0 Å². The Morgan fingerprint density at radius 1 is 1.33 bits per heavy atom. The Morgan fingerprint density at radius 3 is 2.40 bits per heavy atom. The van der Waals surface area contributed by atoms with E-state index in [4.69, 9.17) is 16.8 Å². The molecule has 15 heavy (non-hydrogen) atoms. The number of alkyl halides is 3. The number of oxime groups is 1. The lowest BCUT2D eigenvalue weighted by Crippen LogP contribution is -2.07. The highest BCUT2D eigenvalue weighted by atomic mass is 35.5. The van der Waals surface area contributed by atoms with Gasteiger partial charge in [-0.15, -0.1) is 0 Å². The average Bonchev–Trinajstić information content (AvgIpc) is 2.15. The molecule has 0 heterocycles. The molecule has 1 aromatic carbocycles. The monoisotopic (exact) mass is 241 g/mol. The van der Waals surface area contributed by atoms with E-state index in [0.29, 0.717) is 18.2 Å². The summed E-state index contributed by atoms with van der Waals surface area (Å²) in [5.74, 6) is -0.995. The fourth-order valence-corrected chi connectivity index (χ4v) is 1.06. The van der Waals surface area contributed by atoms with Crippen LogP contribution in [0.15, 0.2) is 23.4 Å². The van der Waals surface area contributed by atoms with Crippen LogP contribution in [0, 0.1) is 5.82 Å². The molecule has 0 unspecified atom stereocenters. The van der Waals surface area contributed by atoms with Crippen LogP contribution in [0.2, 0.25) is 0 Å². The summed E-state index contributed by atoms with van der Waals surface area (Å²) in [6.45, 7) is 0. The molecule has 0 spiro atoms. The van der Waals surface area contributed by atoms with Gasteiger partial charge < -0.3 is 5.21 Å². The van der Waals surface area contributed by atoms with Crippen molar-refractivity contribution < 1.29 is 22.8 Å². The molecule has 0 atom stereocenters. The Labute approximate surface area is 86.8 Å². The number of rotatable bonds is 1. The van der Waals surface area contributed by atoms with Crippen LogP contribution in [-0.4, -0.2) is 10.4 Å². The van der Waals surface area contributed by atoms with Crippen LogP contribution in [-0.2, 0) is 6.18 Å². The van der Waals surface area contributed by atoms with E-state index in [0.717, 1.165) is 0 Å². The predicted molar refractivity (Wildman–Crippen MR) is 45.6 cm³/mol. The first-order valence-electron chi connectivity index (χ1n) is 3.61. The summed E-state index contributed by atoms with van der Waals surface area (Å²) in [7, 11) is 0. The van der Waals surface area contributed by atoms with Gasteiger partial charge in [0, 0.05) is 0 Å². The topological polar surface area (TPSA) is 32.6 Å². The fourth-order valence-electron chi connectivity index (χ4n) is 0.914. The third-order valence-electron chi connectivity index (χ3n) is 1.60. The van der Waals surface area contributed by atoms with E-state index in [-0.39, 0.29) is 0 Å². The van der Waals surface area contributed by atoms with Crippen LogP contribution in [0.4, 0.5) is 17.6 Å². The molecule has 0 bridgehead atoms. The van der Waals surface area contributed by atoms with Gasteiger partial charge in [-0.2, -0.15) is 13.2 Å². The van der Waals surface area contributed by atoms with E-state index < -0.39 is 28.3 Å². The summed E-state index contributed by atoms with van der Waals surface area (Å²) < 4.78 is 49.5. The second kappa shape index (κ2) is 4.06. The molecule has 0 aliphatic heterocycles. The van der Waals surface area contributed by atoms with Crippen molar-refractivity contribution in [1.82, 2.24) is 0 Å². The van der Waals surface area contributed by atoms with Crippen LogP contribution in [0.25, 0.3) is 0 Å². The molecular weight excluding hydrogens is 238 g/mol. The van der Waals surface area contributed by atoms with Gasteiger partial charge in [-0.1, -0.05) is 16.8 Å². The van der Waals surface area contributed by atoms with Crippen molar-refractivity contribution in [2.45, 2.75) is 6.18 Å². The van der Waals surface area contributed by atoms with E-state index in [9.17, 15) is 17.6 Å². The lowest BCUT2D eigenvalue weighted by Gasteiger charge is -2.08.